The zero-order valence-corrected chi connectivity index (χ0v) is 11.1. The van der Waals surface area contributed by atoms with Gasteiger partial charge in [0.1, 0.15) is 11.5 Å². The van der Waals surface area contributed by atoms with Crippen molar-refractivity contribution in [3.05, 3.63) is 40.4 Å². The molecule has 0 spiro atoms. The molecule has 0 bridgehead atoms. The third-order valence-corrected chi connectivity index (χ3v) is 2.66. The Morgan fingerprint density at radius 1 is 1.05 bits per heavy atom. The highest BCUT2D eigenvalue weighted by Gasteiger charge is 2.34. The molecule has 21 heavy (non-hydrogen) atoms. The van der Waals surface area contributed by atoms with Crippen molar-refractivity contribution in [1.82, 2.24) is 9.97 Å². The smallest absolute Gasteiger partial charge is 0.449 e. The lowest BCUT2D eigenvalue weighted by atomic mass is 10.1. The van der Waals surface area contributed by atoms with Crippen LogP contribution in [0.1, 0.15) is 5.82 Å². The van der Waals surface area contributed by atoms with Gasteiger partial charge in [-0.2, -0.15) is 13.2 Å². The number of nitrogens with one attached hydrogen (secondary N) is 1. The van der Waals surface area contributed by atoms with Gasteiger partial charge in [-0.25, -0.2) is 4.98 Å². The molecule has 5 nitrogen and oxygen atoms in total. The second-order valence-electron chi connectivity index (χ2n) is 4.08. The fourth-order valence-electron chi connectivity index (χ4n) is 1.70. The zero-order chi connectivity index (χ0) is 15.6. The summed E-state index contributed by atoms with van der Waals surface area (Å²) in [4.78, 5) is 16.5. The number of ether oxygens (including phenoxy) is 2. The Kier molecular flexibility index (Phi) is 3.88. The first-order valence-electron chi connectivity index (χ1n) is 5.75. The van der Waals surface area contributed by atoms with E-state index in [0.29, 0.717) is 11.5 Å². The maximum absolute atomic E-state index is 12.7. The molecule has 0 saturated carbocycles. The van der Waals surface area contributed by atoms with Gasteiger partial charge in [0.15, 0.2) is 0 Å². The fourth-order valence-corrected chi connectivity index (χ4v) is 1.70. The molecule has 0 fully saturated rings. The van der Waals surface area contributed by atoms with Gasteiger partial charge in [-0.3, -0.25) is 4.79 Å². The molecule has 0 atom stereocenters. The van der Waals surface area contributed by atoms with Crippen molar-refractivity contribution in [2.75, 3.05) is 14.2 Å². The van der Waals surface area contributed by atoms with Crippen LogP contribution in [0.5, 0.6) is 11.5 Å². The number of alkyl halides is 3. The summed E-state index contributed by atoms with van der Waals surface area (Å²) in [6.07, 6.45) is -4.74. The van der Waals surface area contributed by atoms with Crippen molar-refractivity contribution in [3.63, 3.8) is 0 Å². The van der Waals surface area contributed by atoms with Crippen LogP contribution in [0.3, 0.4) is 0 Å². The third kappa shape index (κ3) is 3.33. The van der Waals surface area contributed by atoms with E-state index in [9.17, 15) is 18.0 Å². The van der Waals surface area contributed by atoms with Gasteiger partial charge >= 0.3 is 6.18 Å². The van der Waals surface area contributed by atoms with Crippen LogP contribution in [0.4, 0.5) is 13.2 Å². The number of aromatic nitrogens is 2. The maximum Gasteiger partial charge on any atom is 0.449 e. The molecule has 0 aliphatic heterocycles. The first-order chi connectivity index (χ1) is 9.83. The second-order valence-corrected chi connectivity index (χ2v) is 4.08. The van der Waals surface area contributed by atoms with Crippen molar-refractivity contribution in [1.29, 1.82) is 0 Å². The van der Waals surface area contributed by atoms with Crippen LogP contribution in [0.15, 0.2) is 29.1 Å². The molecule has 0 aliphatic rings. The quantitative estimate of drug-likeness (QED) is 0.945. The number of methoxy groups -OCH3 is 2. The zero-order valence-electron chi connectivity index (χ0n) is 11.1. The molecule has 2 rings (SSSR count). The van der Waals surface area contributed by atoms with E-state index in [4.69, 9.17) is 9.47 Å². The minimum Gasteiger partial charge on any atom is -0.497 e. The summed E-state index contributed by atoms with van der Waals surface area (Å²) < 4.78 is 48.1. The molecule has 112 valence electrons. The van der Waals surface area contributed by atoms with E-state index in [1.165, 1.54) is 26.4 Å². The minimum absolute atomic E-state index is 0.122. The summed E-state index contributed by atoms with van der Waals surface area (Å²) in [5, 5.41) is 0. The molecule has 0 radical (unpaired) electrons. The lowest BCUT2D eigenvalue weighted by Gasteiger charge is -2.10. The van der Waals surface area contributed by atoms with E-state index in [-0.39, 0.29) is 11.3 Å². The number of aromatic amines is 1. The summed E-state index contributed by atoms with van der Waals surface area (Å²) in [5.74, 6) is -0.605. The average molecular weight is 300 g/mol. The fraction of sp³-hybridized carbons (Fsp3) is 0.231. The number of rotatable bonds is 3. The molecule has 1 aromatic carbocycles. The SMILES string of the molecule is COc1cc(OC)cc(-c2cc(=O)[nH]c(C(F)(F)F)n2)c1. The van der Waals surface area contributed by atoms with Crippen LogP contribution in [0, 0.1) is 0 Å². The van der Waals surface area contributed by atoms with E-state index in [1.807, 2.05) is 0 Å². The van der Waals surface area contributed by atoms with Crippen LogP contribution in [0.2, 0.25) is 0 Å². The lowest BCUT2D eigenvalue weighted by molar-refractivity contribution is -0.145. The van der Waals surface area contributed by atoms with Crippen molar-refractivity contribution < 1.29 is 22.6 Å². The number of halogens is 3. The Morgan fingerprint density at radius 2 is 1.62 bits per heavy atom. The standard InChI is InChI=1S/C13H11F3N2O3/c1-20-8-3-7(4-9(5-8)21-2)10-6-11(19)18-12(17-10)13(14,15)16/h3-6H,1-2H3,(H,17,18,19). The third-order valence-electron chi connectivity index (χ3n) is 2.66. The molecular weight excluding hydrogens is 289 g/mol. The molecular formula is C13H11F3N2O3. The van der Waals surface area contributed by atoms with Crippen molar-refractivity contribution in [2.45, 2.75) is 6.18 Å². The summed E-state index contributed by atoms with van der Waals surface area (Å²) in [6.45, 7) is 0. The molecule has 0 unspecified atom stereocenters. The predicted molar refractivity (Wildman–Crippen MR) is 68.4 cm³/mol. The second kappa shape index (κ2) is 5.47. The topological polar surface area (TPSA) is 64.2 Å². The summed E-state index contributed by atoms with van der Waals surface area (Å²) >= 11 is 0. The summed E-state index contributed by atoms with van der Waals surface area (Å²) in [7, 11) is 2.82. The Morgan fingerprint density at radius 3 is 2.10 bits per heavy atom. The van der Waals surface area contributed by atoms with Gasteiger partial charge in [0.2, 0.25) is 5.82 Å². The number of H-pyrrole nitrogens is 1. The van der Waals surface area contributed by atoms with Crippen LogP contribution in [-0.2, 0) is 6.18 Å². The van der Waals surface area contributed by atoms with Crippen LogP contribution >= 0.6 is 0 Å². The van der Waals surface area contributed by atoms with E-state index in [1.54, 1.807) is 11.1 Å². The molecule has 2 aromatic rings. The normalized spacial score (nSPS) is 11.3. The first-order valence-corrected chi connectivity index (χ1v) is 5.75. The van der Waals surface area contributed by atoms with Crippen molar-refractivity contribution >= 4 is 0 Å². The summed E-state index contributed by atoms with van der Waals surface area (Å²) in [5.41, 5.74) is -0.736. The number of hydrogen-bond acceptors (Lipinski definition) is 4. The molecule has 8 heteroatoms. The van der Waals surface area contributed by atoms with Crippen molar-refractivity contribution in [2.24, 2.45) is 0 Å². The highest BCUT2D eigenvalue weighted by molar-refractivity contribution is 5.63. The minimum atomic E-state index is -4.74. The largest absolute Gasteiger partial charge is 0.497 e. The van der Waals surface area contributed by atoms with Crippen molar-refractivity contribution in [3.8, 4) is 22.8 Å². The first kappa shape index (κ1) is 14.9. The molecule has 0 aliphatic carbocycles. The number of benzene rings is 1. The lowest BCUT2D eigenvalue weighted by Crippen LogP contribution is -2.18. The van der Waals surface area contributed by atoms with E-state index in [2.05, 4.69) is 4.98 Å². The summed E-state index contributed by atoms with van der Waals surface area (Å²) in [6, 6.07) is 5.46. The van der Waals surface area contributed by atoms with Gasteiger partial charge in [0, 0.05) is 17.7 Å². The molecule has 1 N–H and O–H groups in total. The number of nitrogens with zero attached hydrogens (tertiary/aromatic N) is 1. The van der Waals surface area contributed by atoms with Crippen LogP contribution in [0.25, 0.3) is 11.3 Å². The Balaban J connectivity index is 2.61. The molecule has 1 aromatic heterocycles. The van der Waals surface area contributed by atoms with Gasteiger partial charge in [0.05, 0.1) is 19.9 Å². The van der Waals surface area contributed by atoms with Gasteiger partial charge in [-0.05, 0) is 12.1 Å². The maximum atomic E-state index is 12.7. The highest BCUT2D eigenvalue weighted by Crippen LogP contribution is 2.30. The van der Waals surface area contributed by atoms with Gasteiger partial charge < -0.3 is 14.5 Å². The van der Waals surface area contributed by atoms with Crippen LogP contribution in [-0.4, -0.2) is 24.2 Å². The van der Waals surface area contributed by atoms with Gasteiger partial charge in [-0.1, -0.05) is 0 Å². The van der Waals surface area contributed by atoms with Gasteiger partial charge in [0.25, 0.3) is 5.56 Å². The van der Waals surface area contributed by atoms with E-state index in [0.717, 1.165) is 6.07 Å². The van der Waals surface area contributed by atoms with E-state index < -0.39 is 17.6 Å². The molecule has 0 saturated heterocycles. The molecule has 1 heterocycles. The Labute approximate surface area is 117 Å². The molecule has 0 amide bonds. The van der Waals surface area contributed by atoms with E-state index >= 15 is 0 Å². The number of hydrogen-bond donors (Lipinski definition) is 1. The Hall–Kier alpha value is -2.51. The van der Waals surface area contributed by atoms with Crippen LogP contribution < -0.4 is 15.0 Å². The predicted octanol–water partition coefficient (Wildman–Crippen LogP) is 2.47. The monoisotopic (exact) mass is 300 g/mol. The average Bonchev–Trinajstić information content (AvgIpc) is 2.45. The van der Waals surface area contributed by atoms with Gasteiger partial charge in [-0.15, -0.1) is 0 Å². The highest BCUT2D eigenvalue weighted by atomic mass is 19.4. The Bertz CT molecular complexity index is 688.